The summed E-state index contributed by atoms with van der Waals surface area (Å²) in [7, 11) is 0. The molecule has 0 spiro atoms. The van der Waals surface area contributed by atoms with Crippen LogP contribution in [0.2, 0.25) is 0 Å². The fraction of sp³-hybridized carbons (Fsp3) is 0.389. The van der Waals surface area contributed by atoms with E-state index in [0.29, 0.717) is 19.8 Å². The number of nitrogens with one attached hydrogen (secondary N) is 1. The smallest absolute Gasteiger partial charge is 0.322 e. The Labute approximate surface area is 141 Å². The zero-order valence-corrected chi connectivity index (χ0v) is 13.5. The number of hydrogen-bond acceptors (Lipinski definition) is 4. The van der Waals surface area contributed by atoms with Crippen molar-refractivity contribution in [3.63, 3.8) is 0 Å². The van der Waals surface area contributed by atoms with Gasteiger partial charge in [0.15, 0.2) is 0 Å². The molecule has 1 aliphatic carbocycles. The molecule has 1 aromatic heterocycles. The van der Waals surface area contributed by atoms with Crippen molar-refractivity contribution in [3.8, 4) is 0 Å². The van der Waals surface area contributed by atoms with E-state index in [1.165, 1.54) is 0 Å². The molecule has 3 rings (SSSR count). The van der Waals surface area contributed by atoms with Gasteiger partial charge in [-0.15, -0.1) is 0 Å². The van der Waals surface area contributed by atoms with Gasteiger partial charge in [0.1, 0.15) is 12.4 Å². The number of aliphatic hydroxyl groups excluding tert-OH is 1. The van der Waals surface area contributed by atoms with Crippen molar-refractivity contribution in [2.24, 2.45) is 0 Å². The lowest BCUT2D eigenvalue weighted by Crippen LogP contribution is -2.38. The van der Waals surface area contributed by atoms with Crippen LogP contribution in [-0.2, 0) is 18.0 Å². The predicted molar refractivity (Wildman–Crippen MR) is 89.5 cm³/mol. The maximum Gasteiger partial charge on any atom is 0.322 e. The van der Waals surface area contributed by atoms with Gasteiger partial charge in [0, 0.05) is 18.3 Å². The summed E-state index contributed by atoms with van der Waals surface area (Å²) < 4.78 is 10.8. The third-order valence-electron chi connectivity index (χ3n) is 3.86. The molecule has 6 heteroatoms. The van der Waals surface area contributed by atoms with Crippen molar-refractivity contribution in [1.82, 2.24) is 4.90 Å². The molecule has 1 heterocycles. The van der Waals surface area contributed by atoms with E-state index in [1.807, 2.05) is 36.4 Å². The summed E-state index contributed by atoms with van der Waals surface area (Å²) in [5.74, 6) is 0.781. The number of benzene rings is 1. The summed E-state index contributed by atoms with van der Waals surface area (Å²) in [6.45, 7) is 1.19. The third-order valence-corrected chi connectivity index (χ3v) is 3.86. The van der Waals surface area contributed by atoms with Crippen LogP contribution in [0.15, 0.2) is 47.1 Å². The lowest BCUT2D eigenvalue weighted by atomic mass is 10.2. The molecule has 1 fully saturated rings. The first kappa shape index (κ1) is 16.5. The van der Waals surface area contributed by atoms with Crippen molar-refractivity contribution in [1.29, 1.82) is 0 Å². The van der Waals surface area contributed by atoms with Gasteiger partial charge in [0.05, 0.1) is 19.5 Å². The molecule has 2 N–H and O–H groups in total. The van der Waals surface area contributed by atoms with Crippen molar-refractivity contribution in [2.45, 2.75) is 32.1 Å². The second kappa shape index (κ2) is 7.99. The Balaban J connectivity index is 1.53. The fourth-order valence-electron chi connectivity index (χ4n) is 2.54. The molecule has 1 aliphatic rings. The van der Waals surface area contributed by atoms with Gasteiger partial charge in [-0.3, -0.25) is 0 Å². The molecule has 0 aliphatic heterocycles. The summed E-state index contributed by atoms with van der Waals surface area (Å²) in [5.41, 5.74) is 1.70. The van der Waals surface area contributed by atoms with Crippen LogP contribution in [0.5, 0.6) is 0 Å². The number of rotatable bonds is 8. The van der Waals surface area contributed by atoms with E-state index in [1.54, 1.807) is 11.2 Å². The minimum atomic E-state index is -0.166. The predicted octanol–water partition coefficient (Wildman–Crippen LogP) is 2.99. The van der Waals surface area contributed by atoms with Crippen LogP contribution in [0.1, 0.15) is 24.2 Å². The number of ether oxygens (including phenoxy) is 1. The summed E-state index contributed by atoms with van der Waals surface area (Å²) in [5, 5.41) is 12.0. The van der Waals surface area contributed by atoms with E-state index < -0.39 is 0 Å². The molecule has 0 radical (unpaired) electrons. The zero-order chi connectivity index (χ0) is 16.8. The molecule has 2 aromatic rings. The van der Waals surface area contributed by atoms with Gasteiger partial charge in [0.25, 0.3) is 0 Å². The molecule has 2 amide bonds. The maximum absolute atomic E-state index is 12.3. The lowest BCUT2D eigenvalue weighted by Gasteiger charge is -2.22. The Hall–Kier alpha value is -2.31. The standard InChI is InChI=1S/C18H22N2O4/c21-9-8-20(16-6-7-16)18(22)19-15-4-1-3-14(11-15)12-23-13-17-5-2-10-24-17/h1-5,10-11,16,21H,6-9,12-13H2,(H,19,22). The number of urea groups is 1. The van der Waals surface area contributed by atoms with Gasteiger partial charge in [0.2, 0.25) is 0 Å². The minimum absolute atomic E-state index is 0.0232. The molecule has 0 saturated heterocycles. The first-order chi connectivity index (χ1) is 11.8. The first-order valence-electron chi connectivity index (χ1n) is 8.14. The van der Waals surface area contributed by atoms with Crippen LogP contribution in [0, 0.1) is 0 Å². The monoisotopic (exact) mass is 330 g/mol. The Bertz CT molecular complexity index is 653. The van der Waals surface area contributed by atoms with Gasteiger partial charge in [-0.1, -0.05) is 12.1 Å². The Morgan fingerprint density at radius 2 is 2.17 bits per heavy atom. The van der Waals surface area contributed by atoms with Crippen LogP contribution in [0.3, 0.4) is 0 Å². The largest absolute Gasteiger partial charge is 0.467 e. The summed E-state index contributed by atoms with van der Waals surface area (Å²) in [4.78, 5) is 14.0. The van der Waals surface area contributed by atoms with E-state index in [0.717, 1.165) is 29.9 Å². The van der Waals surface area contributed by atoms with Crippen molar-refractivity contribution < 1.29 is 19.1 Å². The number of furan rings is 1. The second-order valence-corrected chi connectivity index (χ2v) is 5.85. The highest BCUT2D eigenvalue weighted by molar-refractivity contribution is 5.89. The average molecular weight is 330 g/mol. The molecular weight excluding hydrogens is 308 g/mol. The number of hydrogen-bond donors (Lipinski definition) is 2. The van der Waals surface area contributed by atoms with Crippen LogP contribution in [0.25, 0.3) is 0 Å². The quantitative estimate of drug-likeness (QED) is 0.780. The lowest BCUT2D eigenvalue weighted by molar-refractivity contribution is 0.0930. The molecule has 1 saturated carbocycles. The zero-order valence-electron chi connectivity index (χ0n) is 13.5. The molecule has 24 heavy (non-hydrogen) atoms. The summed E-state index contributed by atoms with van der Waals surface area (Å²) >= 11 is 0. The van der Waals surface area contributed by atoms with Crippen LogP contribution in [-0.4, -0.2) is 35.2 Å². The van der Waals surface area contributed by atoms with Gasteiger partial charge in [-0.05, 0) is 42.7 Å². The number of aliphatic hydroxyl groups is 1. The molecule has 1 aromatic carbocycles. The Morgan fingerprint density at radius 3 is 2.88 bits per heavy atom. The van der Waals surface area contributed by atoms with Crippen molar-refractivity contribution in [2.75, 3.05) is 18.5 Å². The van der Waals surface area contributed by atoms with Crippen LogP contribution < -0.4 is 5.32 Å². The highest BCUT2D eigenvalue weighted by Gasteiger charge is 2.32. The Kier molecular flexibility index (Phi) is 5.51. The number of carbonyl (C=O) groups excluding carboxylic acids is 1. The van der Waals surface area contributed by atoms with E-state index >= 15 is 0 Å². The Morgan fingerprint density at radius 1 is 1.29 bits per heavy atom. The highest BCUT2D eigenvalue weighted by Crippen LogP contribution is 2.27. The van der Waals surface area contributed by atoms with Crippen molar-refractivity contribution >= 4 is 11.7 Å². The molecule has 0 unspecified atom stereocenters. The van der Waals surface area contributed by atoms with E-state index in [4.69, 9.17) is 14.3 Å². The summed E-state index contributed by atoms with van der Waals surface area (Å²) in [6.07, 6.45) is 3.63. The third kappa shape index (κ3) is 4.59. The van der Waals surface area contributed by atoms with E-state index in [2.05, 4.69) is 5.32 Å². The van der Waals surface area contributed by atoms with Crippen LogP contribution in [0.4, 0.5) is 10.5 Å². The molecule has 6 nitrogen and oxygen atoms in total. The minimum Gasteiger partial charge on any atom is -0.467 e. The second-order valence-electron chi connectivity index (χ2n) is 5.85. The van der Waals surface area contributed by atoms with E-state index in [9.17, 15) is 4.79 Å². The maximum atomic E-state index is 12.3. The van der Waals surface area contributed by atoms with Crippen LogP contribution >= 0.6 is 0 Å². The normalized spacial score (nSPS) is 13.7. The van der Waals surface area contributed by atoms with Gasteiger partial charge in [-0.25, -0.2) is 4.79 Å². The topological polar surface area (TPSA) is 74.9 Å². The SMILES string of the molecule is O=C(Nc1cccc(COCc2ccco2)c1)N(CCO)C1CC1. The average Bonchev–Trinajstić information content (AvgIpc) is 3.28. The number of anilines is 1. The first-order valence-corrected chi connectivity index (χ1v) is 8.14. The summed E-state index contributed by atoms with van der Waals surface area (Å²) in [6, 6.07) is 11.4. The number of amides is 2. The number of carbonyl (C=O) groups is 1. The number of nitrogens with zero attached hydrogens (tertiary/aromatic N) is 1. The van der Waals surface area contributed by atoms with E-state index in [-0.39, 0.29) is 18.7 Å². The van der Waals surface area contributed by atoms with Gasteiger partial charge < -0.3 is 24.5 Å². The fourth-order valence-corrected chi connectivity index (χ4v) is 2.54. The van der Waals surface area contributed by atoms with Gasteiger partial charge >= 0.3 is 6.03 Å². The van der Waals surface area contributed by atoms with Gasteiger partial charge in [-0.2, -0.15) is 0 Å². The van der Waals surface area contributed by atoms with Crippen molar-refractivity contribution in [3.05, 3.63) is 54.0 Å². The molecular formula is C18H22N2O4. The molecule has 128 valence electrons. The molecule has 0 bridgehead atoms. The molecule has 0 atom stereocenters. The highest BCUT2D eigenvalue weighted by atomic mass is 16.5.